The average molecular weight is 211 g/mol. The number of benzene rings is 1. The molecule has 0 saturated carbocycles. The third-order valence-electron chi connectivity index (χ3n) is 3.18. The maximum Gasteiger partial charge on any atom is 0.0991 e. The summed E-state index contributed by atoms with van der Waals surface area (Å²) in [4.78, 5) is 0. The predicted octanol–water partition coefficient (Wildman–Crippen LogP) is 4.30. The van der Waals surface area contributed by atoms with Gasteiger partial charge in [0.1, 0.15) is 0 Å². The van der Waals surface area contributed by atoms with Crippen LogP contribution in [0.4, 0.5) is 0 Å². The molecule has 0 unspecified atom stereocenters. The first-order valence-corrected chi connectivity index (χ1v) is 6.10. The van der Waals surface area contributed by atoms with Gasteiger partial charge in [0.2, 0.25) is 0 Å². The molecule has 1 aliphatic carbocycles. The van der Waals surface area contributed by atoms with E-state index in [0.29, 0.717) is 0 Å². The topological polar surface area (TPSA) is 23.8 Å². The number of rotatable bonds is 1. The number of allylic oxidation sites excluding steroid dienone is 2. The molecule has 0 radical (unpaired) electrons. The Morgan fingerprint density at radius 2 is 1.69 bits per heavy atom. The predicted molar refractivity (Wildman–Crippen MR) is 66.8 cm³/mol. The summed E-state index contributed by atoms with van der Waals surface area (Å²) >= 11 is 0. The Morgan fingerprint density at radius 3 is 2.44 bits per heavy atom. The number of hydrogen-bond donors (Lipinski definition) is 0. The van der Waals surface area contributed by atoms with E-state index in [9.17, 15) is 0 Å². The largest absolute Gasteiger partial charge is 0.192 e. The average Bonchev–Trinajstić information content (AvgIpc) is 2.29. The molecule has 0 bridgehead atoms. The summed E-state index contributed by atoms with van der Waals surface area (Å²) < 4.78 is 0. The van der Waals surface area contributed by atoms with E-state index in [-0.39, 0.29) is 0 Å². The van der Waals surface area contributed by atoms with Gasteiger partial charge in [-0.15, -0.1) is 0 Å². The van der Waals surface area contributed by atoms with Crippen LogP contribution in [-0.4, -0.2) is 0 Å². The van der Waals surface area contributed by atoms with Gasteiger partial charge in [-0.3, -0.25) is 0 Å². The molecular formula is C15H17N. The lowest BCUT2D eigenvalue weighted by atomic mass is 9.94. The standard InChI is InChI=1S/C15H17N/c16-12-13-8-10-15(11-9-13)14-6-4-2-1-3-5-7-14/h6,8-11H,1-5,7H2/b14-6+. The van der Waals surface area contributed by atoms with Crippen LogP contribution < -0.4 is 0 Å². The van der Waals surface area contributed by atoms with E-state index in [2.05, 4.69) is 24.3 Å². The van der Waals surface area contributed by atoms with Crippen LogP contribution in [0, 0.1) is 11.3 Å². The summed E-state index contributed by atoms with van der Waals surface area (Å²) in [6, 6.07) is 10.1. The van der Waals surface area contributed by atoms with Crippen molar-refractivity contribution in [1.82, 2.24) is 0 Å². The summed E-state index contributed by atoms with van der Waals surface area (Å²) in [5.74, 6) is 0. The van der Waals surface area contributed by atoms with Crippen molar-refractivity contribution in [2.75, 3.05) is 0 Å². The van der Waals surface area contributed by atoms with Gasteiger partial charge in [0.05, 0.1) is 11.6 Å². The summed E-state index contributed by atoms with van der Waals surface area (Å²) in [7, 11) is 0. The lowest BCUT2D eigenvalue weighted by Crippen LogP contribution is -1.90. The molecule has 0 fully saturated rings. The lowest BCUT2D eigenvalue weighted by molar-refractivity contribution is 0.643. The van der Waals surface area contributed by atoms with Gasteiger partial charge < -0.3 is 0 Å². The van der Waals surface area contributed by atoms with Crippen molar-refractivity contribution in [2.45, 2.75) is 38.5 Å². The van der Waals surface area contributed by atoms with Crippen LogP contribution in [0.1, 0.15) is 49.7 Å². The van der Waals surface area contributed by atoms with Gasteiger partial charge in [-0.25, -0.2) is 0 Å². The second-order valence-electron chi connectivity index (χ2n) is 4.37. The van der Waals surface area contributed by atoms with Gasteiger partial charge in [0, 0.05) is 0 Å². The summed E-state index contributed by atoms with van der Waals surface area (Å²) in [6.07, 6.45) is 10.1. The number of hydrogen-bond acceptors (Lipinski definition) is 1. The molecule has 0 saturated heterocycles. The van der Waals surface area contributed by atoms with Crippen molar-refractivity contribution in [3.8, 4) is 6.07 Å². The van der Waals surface area contributed by atoms with E-state index in [1.54, 1.807) is 0 Å². The summed E-state index contributed by atoms with van der Waals surface area (Å²) in [5, 5.41) is 8.76. The van der Waals surface area contributed by atoms with Gasteiger partial charge >= 0.3 is 0 Å². The van der Waals surface area contributed by atoms with Crippen LogP contribution in [0.5, 0.6) is 0 Å². The fourth-order valence-corrected chi connectivity index (χ4v) is 2.21. The molecule has 0 heterocycles. The molecular weight excluding hydrogens is 194 g/mol. The summed E-state index contributed by atoms with van der Waals surface area (Å²) in [5.41, 5.74) is 3.50. The Morgan fingerprint density at radius 1 is 0.938 bits per heavy atom. The fraction of sp³-hybridized carbons (Fsp3) is 0.400. The molecule has 0 amide bonds. The van der Waals surface area contributed by atoms with Crippen LogP contribution >= 0.6 is 0 Å². The van der Waals surface area contributed by atoms with Crippen LogP contribution in [0.2, 0.25) is 0 Å². The van der Waals surface area contributed by atoms with Crippen LogP contribution in [-0.2, 0) is 0 Å². The Kier molecular flexibility index (Phi) is 3.77. The van der Waals surface area contributed by atoms with Gasteiger partial charge in [0.25, 0.3) is 0 Å². The van der Waals surface area contributed by atoms with Crippen molar-refractivity contribution < 1.29 is 0 Å². The minimum absolute atomic E-state index is 0.746. The minimum Gasteiger partial charge on any atom is -0.192 e. The molecule has 82 valence electrons. The Labute approximate surface area is 97.4 Å². The molecule has 0 aliphatic heterocycles. The Bertz CT molecular complexity index is 406. The van der Waals surface area contributed by atoms with E-state index in [1.165, 1.54) is 49.7 Å². The van der Waals surface area contributed by atoms with Crippen LogP contribution in [0.15, 0.2) is 30.3 Å². The van der Waals surface area contributed by atoms with E-state index >= 15 is 0 Å². The molecule has 1 aromatic rings. The molecule has 16 heavy (non-hydrogen) atoms. The molecule has 2 rings (SSSR count). The highest BCUT2D eigenvalue weighted by Gasteiger charge is 2.04. The van der Waals surface area contributed by atoms with Crippen molar-refractivity contribution in [2.24, 2.45) is 0 Å². The summed E-state index contributed by atoms with van der Waals surface area (Å²) in [6.45, 7) is 0. The smallest absolute Gasteiger partial charge is 0.0991 e. The normalized spacial score (nSPS) is 20.1. The van der Waals surface area contributed by atoms with Gasteiger partial charge in [-0.1, -0.05) is 31.1 Å². The monoisotopic (exact) mass is 211 g/mol. The zero-order valence-corrected chi connectivity index (χ0v) is 9.58. The first-order chi connectivity index (χ1) is 7.90. The fourth-order valence-electron chi connectivity index (χ4n) is 2.21. The third-order valence-corrected chi connectivity index (χ3v) is 3.18. The van der Waals surface area contributed by atoms with E-state index in [1.807, 2.05) is 12.1 Å². The van der Waals surface area contributed by atoms with E-state index in [0.717, 1.165) is 5.56 Å². The molecule has 0 aromatic heterocycles. The van der Waals surface area contributed by atoms with Crippen molar-refractivity contribution >= 4 is 5.57 Å². The zero-order chi connectivity index (χ0) is 11.2. The zero-order valence-electron chi connectivity index (χ0n) is 9.58. The van der Waals surface area contributed by atoms with Crippen LogP contribution in [0.3, 0.4) is 0 Å². The Hall–Kier alpha value is -1.55. The molecule has 0 spiro atoms. The molecule has 1 heteroatoms. The van der Waals surface area contributed by atoms with Crippen molar-refractivity contribution in [1.29, 1.82) is 5.26 Å². The maximum absolute atomic E-state index is 8.76. The molecule has 0 atom stereocenters. The van der Waals surface area contributed by atoms with Crippen molar-refractivity contribution in [3.05, 3.63) is 41.5 Å². The molecule has 1 aliphatic rings. The molecule has 1 aromatic carbocycles. The first kappa shape index (κ1) is 11.0. The maximum atomic E-state index is 8.76. The molecule has 1 nitrogen and oxygen atoms in total. The number of nitriles is 1. The third kappa shape index (κ3) is 2.73. The quantitative estimate of drug-likeness (QED) is 0.679. The first-order valence-electron chi connectivity index (χ1n) is 6.10. The number of nitrogens with zero attached hydrogens (tertiary/aromatic N) is 1. The van der Waals surface area contributed by atoms with Crippen molar-refractivity contribution in [3.63, 3.8) is 0 Å². The highest BCUT2D eigenvalue weighted by atomic mass is 14.2. The molecule has 0 N–H and O–H groups in total. The second kappa shape index (κ2) is 5.51. The highest BCUT2D eigenvalue weighted by molar-refractivity contribution is 5.66. The van der Waals surface area contributed by atoms with Gasteiger partial charge in [-0.2, -0.15) is 5.26 Å². The van der Waals surface area contributed by atoms with E-state index in [4.69, 9.17) is 5.26 Å². The minimum atomic E-state index is 0.746. The SMILES string of the molecule is N#Cc1ccc(/C2=C/CCCCCC2)cc1. The van der Waals surface area contributed by atoms with E-state index < -0.39 is 0 Å². The van der Waals surface area contributed by atoms with Crippen LogP contribution in [0.25, 0.3) is 5.57 Å². The highest BCUT2D eigenvalue weighted by Crippen LogP contribution is 2.25. The van der Waals surface area contributed by atoms with Gasteiger partial charge in [0.15, 0.2) is 0 Å². The van der Waals surface area contributed by atoms with Gasteiger partial charge in [-0.05, 0) is 49.0 Å². The Balaban J connectivity index is 2.18. The lowest BCUT2D eigenvalue weighted by Gasteiger charge is -2.11. The second-order valence-corrected chi connectivity index (χ2v) is 4.37.